The lowest BCUT2D eigenvalue weighted by atomic mass is 9.87. The molecule has 0 amide bonds. The van der Waals surface area contributed by atoms with Crippen molar-refractivity contribution in [1.29, 1.82) is 0 Å². The zero-order valence-corrected chi connectivity index (χ0v) is 12.3. The van der Waals surface area contributed by atoms with Gasteiger partial charge in [-0.25, -0.2) is 9.48 Å². The summed E-state index contributed by atoms with van der Waals surface area (Å²) in [7, 11) is 0. The largest absolute Gasteiger partial charge is 0.478 e. The molecular formula is C16H20N2O2. The van der Waals surface area contributed by atoms with Crippen molar-refractivity contribution in [3.8, 4) is 5.69 Å². The van der Waals surface area contributed by atoms with E-state index in [1.165, 1.54) is 5.56 Å². The maximum Gasteiger partial charge on any atom is 0.339 e. The van der Waals surface area contributed by atoms with Crippen LogP contribution in [0.2, 0.25) is 0 Å². The highest BCUT2D eigenvalue weighted by Gasteiger charge is 2.16. The van der Waals surface area contributed by atoms with Gasteiger partial charge in [0.2, 0.25) is 0 Å². The molecule has 0 aliphatic carbocycles. The third-order valence-electron chi connectivity index (χ3n) is 3.35. The number of carbonyl (C=O) groups is 1. The van der Waals surface area contributed by atoms with Crippen LogP contribution in [0.5, 0.6) is 0 Å². The Morgan fingerprint density at radius 2 is 1.85 bits per heavy atom. The summed E-state index contributed by atoms with van der Waals surface area (Å²) >= 11 is 0. The van der Waals surface area contributed by atoms with Gasteiger partial charge in [0.15, 0.2) is 0 Å². The number of hydrogen-bond donors (Lipinski definition) is 1. The van der Waals surface area contributed by atoms with Crippen LogP contribution >= 0.6 is 0 Å². The molecule has 4 heteroatoms. The summed E-state index contributed by atoms with van der Waals surface area (Å²) in [6.45, 7) is 8.39. The predicted molar refractivity (Wildman–Crippen MR) is 78.6 cm³/mol. The van der Waals surface area contributed by atoms with Gasteiger partial charge in [0.05, 0.1) is 11.4 Å². The molecule has 0 bridgehead atoms. The monoisotopic (exact) mass is 272 g/mol. The van der Waals surface area contributed by atoms with Crippen LogP contribution in [0.25, 0.3) is 5.69 Å². The summed E-state index contributed by atoms with van der Waals surface area (Å²) < 4.78 is 1.63. The SMILES string of the molecule is CCc1nn(-c2ccc(C(C)(C)C)cc2)cc1C(=O)O. The third kappa shape index (κ3) is 2.74. The quantitative estimate of drug-likeness (QED) is 0.931. The molecular weight excluding hydrogens is 252 g/mol. The molecule has 0 fully saturated rings. The second kappa shape index (κ2) is 5.12. The fourth-order valence-corrected chi connectivity index (χ4v) is 2.10. The van der Waals surface area contributed by atoms with Crippen LogP contribution < -0.4 is 0 Å². The van der Waals surface area contributed by atoms with Crippen molar-refractivity contribution in [3.05, 3.63) is 47.3 Å². The van der Waals surface area contributed by atoms with E-state index in [0.717, 1.165) is 5.69 Å². The van der Waals surface area contributed by atoms with Crippen molar-refractivity contribution in [1.82, 2.24) is 9.78 Å². The molecule has 1 aromatic heterocycles. The molecule has 1 N–H and O–H groups in total. The van der Waals surface area contributed by atoms with E-state index in [4.69, 9.17) is 5.11 Å². The minimum absolute atomic E-state index is 0.101. The Morgan fingerprint density at radius 1 is 1.25 bits per heavy atom. The Morgan fingerprint density at radius 3 is 2.25 bits per heavy atom. The highest BCUT2D eigenvalue weighted by molar-refractivity contribution is 5.88. The molecule has 0 saturated heterocycles. The topological polar surface area (TPSA) is 55.1 Å². The molecule has 0 aliphatic heterocycles. The van der Waals surface area contributed by atoms with Gasteiger partial charge in [-0.1, -0.05) is 39.8 Å². The lowest BCUT2D eigenvalue weighted by Crippen LogP contribution is -2.10. The molecule has 4 nitrogen and oxygen atoms in total. The van der Waals surface area contributed by atoms with Crippen LogP contribution in [0, 0.1) is 0 Å². The second-order valence-electron chi connectivity index (χ2n) is 5.89. The summed E-state index contributed by atoms with van der Waals surface area (Å²) in [6.07, 6.45) is 2.18. The van der Waals surface area contributed by atoms with Gasteiger partial charge in [-0.05, 0) is 29.5 Å². The van der Waals surface area contributed by atoms with E-state index in [2.05, 4.69) is 38.0 Å². The van der Waals surface area contributed by atoms with Crippen molar-refractivity contribution >= 4 is 5.97 Å². The van der Waals surface area contributed by atoms with E-state index in [1.807, 2.05) is 19.1 Å². The first-order valence-corrected chi connectivity index (χ1v) is 6.75. The van der Waals surface area contributed by atoms with Crippen LogP contribution in [0.4, 0.5) is 0 Å². The number of aromatic nitrogens is 2. The Kier molecular flexibility index (Phi) is 3.66. The number of aryl methyl sites for hydroxylation is 1. The fraction of sp³-hybridized carbons (Fsp3) is 0.375. The number of hydrogen-bond acceptors (Lipinski definition) is 2. The van der Waals surface area contributed by atoms with Gasteiger partial charge >= 0.3 is 5.97 Å². The fourth-order valence-electron chi connectivity index (χ4n) is 2.10. The highest BCUT2D eigenvalue weighted by Crippen LogP contribution is 2.23. The standard InChI is InChI=1S/C16H20N2O2/c1-5-14-13(15(19)20)10-18(17-14)12-8-6-11(7-9-12)16(2,3)4/h6-10H,5H2,1-4H3,(H,19,20). The number of benzene rings is 1. The second-order valence-corrected chi connectivity index (χ2v) is 5.89. The van der Waals surface area contributed by atoms with E-state index >= 15 is 0 Å². The van der Waals surface area contributed by atoms with Gasteiger partial charge in [-0.3, -0.25) is 0 Å². The van der Waals surface area contributed by atoms with E-state index in [0.29, 0.717) is 12.1 Å². The molecule has 2 rings (SSSR count). The summed E-state index contributed by atoms with van der Waals surface area (Å²) in [6, 6.07) is 8.06. The molecule has 1 heterocycles. The van der Waals surface area contributed by atoms with Gasteiger partial charge in [0.1, 0.15) is 5.56 Å². The van der Waals surface area contributed by atoms with E-state index in [9.17, 15) is 4.79 Å². The predicted octanol–water partition coefficient (Wildman–Crippen LogP) is 3.43. The normalized spacial score (nSPS) is 11.6. The van der Waals surface area contributed by atoms with Crippen molar-refractivity contribution < 1.29 is 9.90 Å². The van der Waals surface area contributed by atoms with Crippen molar-refractivity contribution in [3.63, 3.8) is 0 Å². The maximum absolute atomic E-state index is 11.2. The van der Waals surface area contributed by atoms with Crippen molar-refractivity contribution in [2.45, 2.75) is 39.5 Å². The Balaban J connectivity index is 2.39. The molecule has 106 valence electrons. The number of aromatic carboxylic acids is 1. The van der Waals surface area contributed by atoms with Crippen LogP contribution in [0.3, 0.4) is 0 Å². The molecule has 20 heavy (non-hydrogen) atoms. The van der Waals surface area contributed by atoms with E-state index in [1.54, 1.807) is 10.9 Å². The van der Waals surface area contributed by atoms with Gasteiger partial charge in [-0.15, -0.1) is 0 Å². The van der Waals surface area contributed by atoms with E-state index < -0.39 is 5.97 Å². The van der Waals surface area contributed by atoms with Gasteiger partial charge in [0.25, 0.3) is 0 Å². The Bertz CT molecular complexity index is 619. The summed E-state index contributed by atoms with van der Waals surface area (Å²) in [5.41, 5.74) is 3.09. The van der Waals surface area contributed by atoms with Crippen LogP contribution in [0.15, 0.2) is 30.5 Å². The maximum atomic E-state index is 11.2. The van der Waals surface area contributed by atoms with Crippen LogP contribution in [-0.2, 0) is 11.8 Å². The Labute approximate surface area is 119 Å². The average molecular weight is 272 g/mol. The minimum Gasteiger partial charge on any atom is -0.478 e. The van der Waals surface area contributed by atoms with Crippen LogP contribution in [-0.4, -0.2) is 20.9 Å². The summed E-state index contributed by atoms with van der Waals surface area (Å²) in [5, 5.41) is 13.5. The minimum atomic E-state index is -0.931. The van der Waals surface area contributed by atoms with Crippen LogP contribution in [0.1, 0.15) is 49.3 Å². The molecule has 1 aromatic carbocycles. The van der Waals surface area contributed by atoms with Gasteiger partial charge in [0, 0.05) is 6.20 Å². The Hall–Kier alpha value is -2.10. The smallest absolute Gasteiger partial charge is 0.339 e. The summed E-state index contributed by atoms with van der Waals surface area (Å²) in [4.78, 5) is 11.2. The van der Waals surface area contributed by atoms with Crippen molar-refractivity contribution in [2.75, 3.05) is 0 Å². The zero-order valence-electron chi connectivity index (χ0n) is 12.3. The summed E-state index contributed by atoms with van der Waals surface area (Å²) in [5.74, 6) is -0.931. The first-order chi connectivity index (χ1) is 9.32. The molecule has 0 radical (unpaired) electrons. The number of carboxylic acids is 1. The number of rotatable bonds is 3. The number of carboxylic acid groups (broad SMARTS) is 1. The first kappa shape index (κ1) is 14.3. The van der Waals surface area contributed by atoms with E-state index in [-0.39, 0.29) is 11.0 Å². The van der Waals surface area contributed by atoms with Gasteiger partial charge in [-0.2, -0.15) is 5.10 Å². The molecule has 0 unspecified atom stereocenters. The van der Waals surface area contributed by atoms with Crippen molar-refractivity contribution in [2.24, 2.45) is 0 Å². The molecule has 0 spiro atoms. The molecule has 0 saturated carbocycles. The number of nitrogens with zero attached hydrogens (tertiary/aromatic N) is 2. The van der Waals surface area contributed by atoms with Gasteiger partial charge < -0.3 is 5.11 Å². The lowest BCUT2D eigenvalue weighted by molar-refractivity contribution is 0.0695. The highest BCUT2D eigenvalue weighted by atomic mass is 16.4. The molecule has 0 aliphatic rings. The lowest BCUT2D eigenvalue weighted by Gasteiger charge is -2.19. The molecule has 0 atom stereocenters. The third-order valence-corrected chi connectivity index (χ3v) is 3.35. The zero-order chi connectivity index (χ0) is 14.9. The molecule has 2 aromatic rings. The average Bonchev–Trinajstić information content (AvgIpc) is 2.82. The first-order valence-electron chi connectivity index (χ1n) is 6.75.